The molecule has 0 aliphatic rings. The first kappa shape index (κ1) is 38.8. The van der Waals surface area contributed by atoms with Crippen LogP contribution in [0.3, 0.4) is 0 Å². The second-order valence-corrected chi connectivity index (χ2v) is 16.7. The Kier molecular flexibility index (Phi) is 9.81. The summed E-state index contributed by atoms with van der Waals surface area (Å²) in [6.07, 6.45) is 0. The standard InChI is InChI=1S/C62H40N4/c1-3-13-41(14-4-1)47-17-11-19-49(37-47)43-25-29-45(30-26-43)61-63-57-23-9-7-21-55(57)59(65-61)53-35-33-52-40-54(36-34-51(52)39-53)60-56-22-8-10-24-58(56)64-62(66-60)46-31-27-44(28-32-46)50-20-12-18-48(38-50)42-15-5-2-6-16-42/h1-40H. The first-order valence-corrected chi connectivity index (χ1v) is 22.3. The monoisotopic (exact) mass is 840 g/mol. The topological polar surface area (TPSA) is 51.6 Å². The van der Waals surface area contributed by atoms with Crippen molar-refractivity contribution in [1.29, 1.82) is 0 Å². The highest BCUT2D eigenvalue weighted by Crippen LogP contribution is 2.36. The molecule has 12 aromatic rings. The summed E-state index contributed by atoms with van der Waals surface area (Å²) >= 11 is 0. The molecule has 4 heteroatoms. The number of hydrogen-bond acceptors (Lipinski definition) is 4. The van der Waals surface area contributed by atoms with Gasteiger partial charge in [0.25, 0.3) is 0 Å². The number of rotatable bonds is 8. The maximum Gasteiger partial charge on any atom is 0.160 e. The van der Waals surface area contributed by atoms with Gasteiger partial charge in [0, 0.05) is 33.0 Å². The molecule has 0 saturated heterocycles. The SMILES string of the molecule is c1ccc(-c2cccc(-c3ccc(-c4nc(-c5ccc6cc(-c7nc(-c8ccc(-c9cccc(-c%10ccccc%10)c9)cc8)nc8ccccc78)ccc6c5)c5ccccc5n4)cc3)c2)cc1. The molecule has 66 heavy (non-hydrogen) atoms. The van der Waals surface area contributed by atoms with Gasteiger partial charge in [0.15, 0.2) is 11.6 Å². The van der Waals surface area contributed by atoms with Crippen molar-refractivity contribution in [3.8, 4) is 89.8 Å². The molecule has 0 radical (unpaired) electrons. The van der Waals surface area contributed by atoms with E-state index in [1.165, 1.54) is 33.4 Å². The summed E-state index contributed by atoms with van der Waals surface area (Å²) in [7, 11) is 0. The van der Waals surface area contributed by atoms with Crippen LogP contribution in [0.5, 0.6) is 0 Å². The molecule has 0 aliphatic carbocycles. The fraction of sp³-hybridized carbons (Fsp3) is 0. The van der Waals surface area contributed by atoms with Crippen LogP contribution in [0.1, 0.15) is 0 Å². The molecule has 0 N–H and O–H groups in total. The Hall–Kier alpha value is -8.86. The molecular weight excluding hydrogens is 801 g/mol. The highest BCUT2D eigenvalue weighted by molar-refractivity contribution is 6.00. The quantitative estimate of drug-likeness (QED) is 0.153. The summed E-state index contributed by atoms with van der Waals surface area (Å²) in [6, 6.07) is 85.3. The summed E-state index contributed by atoms with van der Waals surface area (Å²) in [5, 5.41) is 4.27. The molecule has 4 nitrogen and oxygen atoms in total. The first-order valence-electron chi connectivity index (χ1n) is 22.3. The van der Waals surface area contributed by atoms with Crippen molar-refractivity contribution in [2.24, 2.45) is 0 Å². The zero-order chi connectivity index (χ0) is 43.8. The minimum Gasteiger partial charge on any atom is -0.228 e. The molecule has 0 spiro atoms. The lowest BCUT2D eigenvalue weighted by Gasteiger charge is -2.12. The minimum absolute atomic E-state index is 0.696. The van der Waals surface area contributed by atoms with E-state index in [9.17, 15) is 0 Å². The normalized spacial score (nSPS) is 11.3. The Bertz CT molecular complexity index is 3480. The van der Waals surface area contributed by atoms with Crippen molar-refractivity contribution < 1.29 is 0 Å². The average molecular weight is 841 g/mol. The van der Waals surface area contributed by atoms with Crippen LogP contribution < -0.4 is 0 Å². The minimum atomic E-state index is 0.696. The maximum absolute atomic E-state index is 5.25. The molecule has 2 heterocycles. The van der Waals surface area contributed by atoms with Crippen molar-refractivity contribution in [2.45, 2.75) is 0 Å². The van der Waals surface area contributed by atoms with Gasteiger partial charge in [0.05, 0.1) is 22.4 Å². The fourth-order valence-electron chi connectivity index (χ4n) is 9.03. The molecule has 0 unspecified atom stereocenters. The van der Waals surface area contributed by atoms with E-state index in [-0.39, 0.29) is 0 Å². The largest absolute Gasteiger partial charge is 0.228 e. The van der Waals surface area contributed by atoms with Gasteiger partial charge in [-0.05, 0) is 91.7 Å². The molecule has 10 aromatic carbocycles. The Labute approximate surface area is 383 Å². The van der Waals surface area contributed by atoms with Crippen LogP contribution in [0.4, 0.5) is 0 Å². The third-order valence-corrected chi connectivity index (χ3v) is 12.5. The van der Waals surface area contributed by atoms with Gasteiger partial charge < -0.3 is 0 Å². The molecule has 308 valence electrons. The summed E-state index contributed by atoms with van der Waals surface area (Å²) in [4.78, 5) is 20.6. The fourth-order valence-corrected chi connectivity index (χ4v) is 9.03. The van der Waals surface area contributed by atoms with Crippen LogP contribution in [-0.2, 0) is 0 Å². The molecule has 12 rings (SSSR count). The van der Waals surface area contributed by atoms with Gasteiger partial charge in [0.1, 0.15) is 0 Å². The maximum atomic E-state index is 5.25. The molecule has 0 aliphatic heterocycles. The third kappa shape index (κ3) is 7.47. The Morgan fingerprint density at radius 3 is 0.924 bits per heavy atom. The van der Waals surface area contributed by atoms with Gasteiger partial charge in [-0.3, -0.25) is 0 Å². The third-order valence-electron chi connectivity index (χ3n) is 12.5. The zero-order valence-corrected chi connectivity index (χ0v) is 35.9. The van der Waals surface area contributed by atoms with E-state index in [2.05, 4.69) is 218 Å². The van der Waals surface area contributed by atoms with Crippen LogP contribution in [0.15, 0.2) is 243 Å². The van der Waals surface area contributed by atoms with Gasteiger partial charge in [-0.25, -0.2) is 19.9 Å². The van der Waals surface area contributed by atoms with E-state index in [0.717, 1.165) is 77.3 Å². The predicted octanol–water partition coefficient (Wildman–Crippen LogP) is 16.1. The van der Waals surface area contributed by atoms with Gasteiger partial charge >= 0.3 is 0 Å². The van der Waals surface area contributed by atoms with Crippen LogP contribution in [-0.4, -0.2) is 19.9 Å². The number of benzene rings is 10. The molecule has 2 aromatic heterocycles. The van der Waals surface area contributed by atoms with Crippen molar-refractivity contribution >= 4 is 32.6 Å². The van der Waals surface area contributed by atoms with Crippen molar-refractivity contribution in [2.75, 3.05) is 0 Å². The number of hydrogen-bond donors (Lipinski definition) is 0. The van der Waals surface area contributed by atoms with E-state index < -0.39 is 0 Å². The predicted molar refractivity (Wildman–Crippen MR) is 274 cm³/mol. The molecular formula is C62H40N4. The number of aromatic nitrogens is 4. The molecule has 0 bridgehead atoms. The van der Waals surface area contributed by atoms with Crippen molar-refractivity contribution in [3.63, 3.8) is 0 Å². The highest BCUT2D eigenvalue weighted by Gasteiger charge is 2.16. The van der Waals surface area contributed by atoms with Crippen LogP contribution in [0.2, 0.25) is 0 Å². The summed E-state index contributed by atoms with van der Waals surface area (Å²) in [5.74, 6) is 1.39. The van der Waals surface area contributed by atoms with Crippen molar-refractivity contribution in [1.82, 2.24) is 19.9 Å². The van der Waals surface area contributed by atoms with E-state index in [4.69, 9.17) is 19.9 Å². The lowest BCUT2D eigenvalue weighted by atomic mass is 9.97. The molecule has 0 fully saturated rings. The second-order valence-electron chi connectivity index (χ2n) is 16.7. The van der Waals surface area contributed by atoms with E-state index >= 15 is 0 Å². The lowest BCUT2D eigenvalue weighted by molar-refractivity contribution is 1.23. The molecule has 0 amide bonds. The Morgan fingerprint density at radius 2 is 0.515 bits per heavy atom. The summed E-state index contributed by atoms with van der Waals surface area (Å²) in [6.45, 7) is 0. The van der Waals surface area contributed by atoms with E-state index in [1.807, 2.05) is 24.3 Å². The number of nitrogens with zero attached hydrogens (tertiary/aromatic N) is 4. The Morgan fingerprint density at radius 1 is 0.197 bits per heavy atom. The number of fused-ring (bicyclic) bond motifs is 3. The second kappa shape index (κ2) is 16.7. The Balaban J connectivity index is 0.860. The van der Waals surface area contributed by atoms with Gasteiger partial charge in [-0.15, -0.1) is 0 Å². The van der Waals surface area contributed by atoms with E-state index in [1.54, 1.807) is 0 Å². The lowest BCUT2D eigenvalue weighted by Crippen LogP contribution is -1.96. The average Bonchev–Trinajstić information content (AvgIpc) is 3.40. The zero-order valence-electron chi connectivity index (χ0n) is 35.9. The molecule has 0 saturated carbocycles. The summed E-state index contributed by atoms with van der Waals surface area (Å²) in [5.41, 5.74) is 17.1. The van der Waals surface area contributed by atoms with Crippen LogP contribution >= 0.6 is 0 Å². The summed E-state index contributed by atoms with van der Waals surface area (Å²) < 4.78 is 0. The van der Waals surface area contributed by atoms with Gasteiger partial charge in [0.2, 0.25) is 0 Å². The number of para-hydroxylation sites is 2. The smallest absolute Gasteiger partial charge is 0.160 e. The van der Waals surface area contributed by atoms with Crippen LogP contribution in [0.25, 0.3) is 122 Å². The highest BCUT2D eigenvalue weighted by atomic mass is 14.9. The van der Waals surface area contributed by atoms with Crippen LogP contribution in [0, 0.1) is 0 Å². The van der Waals surface area contributed by atoms with E-state index in [0.29, 0.717) is 11.6 Å². The molecule has 0 atom stereocenters. The first-order chi connectivity index (χ1) is 32.7. The van der Waals surface area contributed by atoms with Gasteiger partial charge in [-0.2, -0.15) is 0 Å². The van der Waals surface area contributed by atoms with Gasteiger partial charge in [-0.1, -0.05) is 206 Å². The van der Waals surface area contributed by atoms with Crippen molar-refractivity contribution in [3.05, 3.63) is 243 Å².